The summed E-state index contributed by atoms with van der Waals surface area (Å²) in [6.45, 7) is 4.77. The number of aromatic nitrogens is 2. The molecule has 0 fully saturated rings. The fraction of sp³-hybridized carbons (Fsp3) is 0.438. The van der Waals surface area contributed by atoms with E-state index in [4.69, 9.17) is 19.5 Å². The van der Waals surface area contributed by atoms with E-state index in [1.54, 1.807) is 26.4 Å². The third kappa shape index (κ3) is 3.37. The molecule has 0 aliphatic rings. The van der Waals surface area contributed by atoms with Gasteiger partial charge in [0.15, 0.2) is 11.5 Å². The summed E-state index contributed by atoms with van der Waals surface area (Å²) in [5.74, 6) is 2.10. The predicted octanol–water partition coefficient (Wildman–Crippen LogP) is 2.94. The Kier molecular flexibility index (Phi) is 4.99. The van der Waals surface area contributed by atoms with Crippen LogP contribution in [0, 0.1) is 17.2 Å². The molecule has 6 nitrogen and oxygen atoms in total. The van der Waals surface area contributed by atoms with Crippen molar-refractivity contribution in [2.75, 3.05) is 20.8 Å². The highest BCUT2D eigenvalue weighted by Crippen LogP contribution is 2.34. The zero-order chi connectivity index (χ0) is 16.1. The summed E-state index contributed by atoms with van der Waals surface area (Å²) in [7, 11) is 3.11. The molecule has 0 amide bonds. The van der Waals surface area contributed by atoms with Gasteiger partial charge in [0.25, 0.3) is 0 Å². The van der Waals surface area contributed by atoms with E-state index >= 15 is 0 Å². The highest BCUT2D eigenvalue weighted by Gasteiger charge is 2.14. The largest absolute Gasteiger partial charge is 0.493 e. The molecule has 0 radical (unpaired) electrons. The molecule has 0 aliphatic carbocycles. The van der Waals surface area contributed by atoms with Crippen molar-refractivity contribution >= 4 is 10.9 Å². The first-order chi connectivity index (χ1) is 10.6. The van der Waals surface area contributed by atoms with E-state index in [2.05, 4.69) is 23.8 Å². The van der Waals surface area contributed by atoms with Crippen molar-refractivity contribution in [3.63, 3.8) is 0 Å². The van der Waals surface area contributed by atoms with Gasteiger partial charge in [0, 0.05) is 6.07 Å². The van der Waals surface area contributed by atoms with Crippen LogP contribution in [0.15, 0.2) is 12.1 Å². The van der Waals surface area contributed by atoms with Crippen molar-refractivity contribution in [3.8, 4) is 23.4 Å². The molecule has 2 rings (SSSR count). The highest BCUT2D eigenvalue weighted by molar-refractivity contribution is 5.87. The van der Waals surface area contributed by atoms with Crippen LogP contribution in [0.2, 0.25) is 0 Å². The first kappa shape index (κ1) is 15.8. The molecule has 1 aromatic carbocycles. The fourth-order valence-electron chi connectivity index (χ4n) is 1.98. The van der Waals surface area contributed by atoms with Crippen LogP contribution >= 0.6 is 0 Å². The van der Waals surface area contributed by atoms with Crippen LogP contribution in [0.5, 0.6) is 17.4 Å². The Balaban J connectivity index is 2.50. The second-order valence-electron chi connectivity index (χ2n) is 5.22. The average Bonchev–Trinajstić information content (AvgIpc) is 2.52. The Morgan fingerprint density at radius 1 is 1.14 bits per heavy atom. The summed E-state index contributed by atoms with van der Waals surface area (Å²) in [4.78, 5) is 8.35. The molecule has 1 aromatic heterocycles. The van der Waals surface area contributed by atoms with Gasteiger partial charge in [0.05, 0.1) is 31.7 Å². The Labute approximate surface area is 129 Å². The summed E-state index contributed by atoms with van der Waals surface area (Å²) < 4.78 is 16.3. The Hall–Kier alpha value is -2.55. The lowest BCUT2D eigenvalue weighted by Gasteiger charge is -2.12. The number of benzene rings is 1. The van der Waals surface area contributed by atoms with Gasteiger partial charge in [-0.25, -0.2) is 4.98 Å². The number of hydrogen-bond donors (Lipinski definition) is 0. The van der Waals surface area contributed by atoms with Gasteiger partial charge in [-0.15, -0.1) is 0 Å². The second kappa shape index (κ2) is 6.94. The van der Waals surface area contributed by atoms with Crippen LogP contribution in [-0.2, 0) is 0 Å². The van der Waals surface area contributed by atoms with E-state index in [0.717, 1.165) is 6.42 Å². The number of nitrogens with zero attached hydrogens (tertiary/aromatic N) is 3. The molecule has 0 saturated heterocycles. The molecular weight excluding hydrogens is 282 g/mol. The third-order valence-corrected chi connectivity index (χ3v) is 3.20. The lowest BCUT2D eigenvalue weighted by atomic mass is 10.1. The number of hydrogen-bond acceptors (Lipinski definition) is 6. The van der Waals surface area contributed by atoms with E-state index in [9.17, 15) is 0 Å². The maximum Gasteiger partial charge on any atom is 0.236 e. The first-order valence-corrected chi connectivity index (χ1v) is 7.05. The molecule has 22 heavy (non-hydrogen) atoms. The normalized spacial score (nSPS) is 10.5. The molecule has 0 bridgehead atoms. The van der Waals surface area contributed by atoms with Crippen LogP contribution in [0.4, 0.5) is 0 Å². The third-order valence-electron chi connectivity index (χ3n) is 3.20. The van der Waals surface area contributed by atoms with Gasteiger partial charge >= 0.3 is 0 Å². The van der Waals surface area contributed by atoms with E-state index in [1.165, 1.54) is 0 Å². The maximum atomic E-state index is 9.08. The summed E-state index contributed by atoms with van der Waals surface area (Å²) in [5.41, 5.74) is 0.587. The van der Waals surface area contributed by atoms with Crippen molar-refractivity contribution in [1.29, 1.82) is 5.26 Å². The van der Waals surface area contributed by atoms with Crippen LogP contribution in [0.25, 0.3) is 10.9 Å². The molecule has 0 atom stereocenters. The minimum atomic E-state index is 0.0688. The lowest BCUT2D eigenvalue weighted by Crippen LogP contribution is -2.05. The molecule has 2 aromatic rings. The number of rotatable bonds is 6. The zero-order valence-electron chi connectivity index (χ0n) is 13.2. The Bertz CT molecular complexity index is 708. The molecule has 1 heterocycles. The monoisotopic (exact) mass is 301 g/mol. The lowest BCUT2D eigenvalue weighted by molar-refractivity contribution is 0.282. The molecule has 0 spiro atoms. The van der Waals surface area contributed by atoms with Crippen molar-refractivity contribution in [1.82, 2.24) is 9.97 Å². The SMILES string of the molecule is COc1cc2nc(C#N)nc(OCCC(C)C)c2cc1OC. The Morgan fingerprint density at radius 2 is 1.82 bits per heavy atom. The Morgan fingerprint density at radius 3 is 2.41 bits per heavy atom. The predicted molar refractivity (Wildman–Crippen MR) is 82.3 cm³/mol. The zero-order valence-corrected chi connectivity index (χ0v) is 13.2. The van der Waals surface area contributed by atoms with Crippen LogP contribution in [0.1, 0.15) is 26.1 Å². The van der Waals surface area contributed by atoms with E-state index < -0.39 is 0 Å². The topological polar surface area (TPSA) is 77.3 Å². The van der Waals surface area contributed by atoms with Crippen LogP contribution in [0.3, 0.4) is 0 Å². The average molecular weight is 301 g/mol. The molecule has 0 saturated carbocycles. The number of nitriles is 1. The smallest absolute Gasteiger partial charge is 0.236 e. The quantitative estimate of drug-likeness (QED) is 0.816. The van der Waals surface area contributed by atoms with Gasteiger partial charge in [-0.2, -0.15) is 10.2 Å². The minimum absolute atomic E-state index is 0.0688. The summed E-state index contributed by atoms with van der Waals surface area (Å²) in [6, 6.07) is 5.43. The summed E-state index contributed by atoms with van der Waals surface area (Å²) in [5, 5.41) is 9.77. The van der Waals surface area contributed by atoms with E-state index in [-0.39, 0.29) is 5.82 Å². The van der Waals surface area contributed by atoms with Gasteiger partial charge in [-0.05, 0) is 18.4 Å². The minimum Gasteiger partial charge on any atom is -0.493 e. The van der Waals surface area contributed by atoms with Gasteiger partial charge in [-0.1, -0.05) is 13.8 Å². The van der Waals surface area contributed by atoms with Crippen molar-refractivity contribution in [3.05, 3.63) is 18.0 Å². The standard InChI is InChI=1S/C16H19N3O3/c1-10(2)5-6-22-16-11-7-13(20-3)14(21-4)8-12(11)18-15(9-17)19-16/h7-8,10H,5-6H2,1-4H3. The maximum absolute atomic E-state index is 9.08. The van der Waals surface area contributed by atoms with Gasteiger partial charge < -0.3 is 14.2 Å². The van der Waals surface area contributed by atoms with Gasteiger partial charge in [-0.3, -0.25) is 0 Å². The van der Waals surface area contributed by atoms with E-state index in [0.29, 0.717) is 40.8 Å². The first-order valence-electron chi connectivity index (χ1n) is 7.05. The molecular formula is C16H19N3O3. The van der Waals surface area contributed by atoms with Crippen LogP contribution < -0.4 is 14.2 Å². The summed E-state index contributed by atoms with van der Waals surface area (Å²) in [6.07, 6.45) is 0.903. The molecule has 6 heteroatoms. The number of methoxy groups -OCH3 is 2. The van der Waals surface area contributed by atoms with Crippen molar-refractivity contribution in [2.24, 2.45) is 5.92 Å². The van der Waals surface area contributed by atoms with Crippen molar-refractivity contribution < 1.29 is 14.2 Å². The highest BCUT2D eigenvalue weighted by atomic mass is 16.5. The summed E-state index contributed by atoms with van der Waals surface area (Å²) >= 11 is 0. The van der Waals surface area contributed by atoms with Gasteiger partial charge in [0.1, 0.15) is 6.07 Å². The van der Waals surface area contributed by atoms with E-state index in [1.807, 2.05) is 6.07 Å². The van der Waals surface area contributed by atoms with Crippen LogP contribution in [-0.4, -0.2) is 30.8 Å². The fourth-order valence-corrected chi connectivity index (χ4v) is 1.98. The van der Waals surface area contributed by atoms with Gasteiger partial charge in [0.2, 0.25) is 11.7 Å². The molecule has 0 unspecified atom stereocenters. The number of ether oxygens (including phenoxy) is 3. The second-order valence-corrected chi connectivity index (χ2v) is 5.22. The number of fused-ring (bicyclic) bond motifs is 1. The molecule has 116 valence electrons. The molecule has 0 aliphatic heterocycles. The van der Waals surface area contributed by atoms with Crippen molar-refractivity contribution in [2.45, 2.75) is 20.3 Å². The molecule has 0 N–H and O–H groups in total.